The van der Waals surface area contributed by atoms with Crippen molar-refractivity contribution >= 4 is 0 Å². The van der Waals surface area contributed by atoms with Gasteiger partial charge in [0.15, 0.2) is 0 Å². The van der Waals surface area contributed by atoms with Crippen LogP contribution < -0.4 is 16.0 Å². The minimum absolute atomic E-state index is 0.543. The highest BCUT2D eigenvalue weighted by atomic mass is 15.1. The van der Waals surface area contributed by atoms with Crippen molar-refractivity contribution in [3.8, 4) is 0 Å². The summed E-state index contributed by atoms with van der Waals surface area (Å²) in [5.74, 6) is 0. The normalized spacial score (nSPS) is 21.3. The quantitative estimate of drug-likeness (QED) is 0.499. The second-order valence-corrected chi connectivity index (χ2v) is 2.71. The average Bonchev–Trinajstić information content (AvgIpc) is 2.03. The van der Waals surface area contributed by atoms with Gasteiger partial charge in [-0.25, -0.2) is 0 Å². The van der Waals surface area contributed by atoms with E-state index in [1.54, 1.807) is 0 Å². The lowest BCUT2D eigenvalue weighted by atomic mass is 10.2. The summed E-state index contributed by atoms with van der Waals surface area (Å²) in [6, 6.07) is 0. The second kappa shape index (κ2) is 4.66. The maximum Gasteiger partial charge on any atom is 0.0583 e. The van der Waals surface area contributed by atoms with E-state index in [9.17, 15) is 0 Å². The number of hydrogen-bond donors (Lipinski definition) is 3. The fourth-order valence-corrected chi connectivity index (χ4v) is 1.21. The molecule has 0 aromatic rings. The fourth-order valence-electron chi connectivity index (χ4n) is 1.21. The lowest BCUT2D eigenvalue weighted by Crippen LogP contribution is -2.49. The van der Waals surface area contributed by atoms with Gasteiger partial charge in [0, 0.05) is 0 Å². The summed E-state index contributed by atoms with van der Waals surface area (Å²) < 4.78 is 0. The molecule has 3 heteroatoms. The molecule has 1 heterocycles. The molecular formula is C7H17N3. The number of nitrogens with one attached hydrogen (secondary N) is 3. The van der Waals surface area contributed by atoms with Crippen LogP contribution >= 0.6 is 0 Å². The van der Waals surface area contributed by atoms with E-state index < -0.39 is 0 Å². The number of rotatable bonds is 3. The molecule has 3 N–H and O–H groups in total. The van der Waals surface area contributed by atoms with Gasteiger partial charge in [-0.2, -0.15) is 0 Å². The van der Waals surface area contributed by atoms with Gasteiger partial charge in [0.1, 0.15) is 0 Å². The van der Waals surface area contributed by atoms with Gasteiger partial charge in [-0.15, -0.1) is 0 Å². The second-order valence-electron chi connectivity index (χ2n) is 2.71. The van der Waals surface area contributed by atoms with Crippen molar-refractivity contribution in [1.82, 2.24) is 16.0 Å². The molecule has 0 atom stereocenters. The van der Waals surface area contributed by atoms with Crippen LogP contribution in [-0.2, 0) is 0 Å². The van der Waals surface area contributed by atoms with Crippen molar-refractivity contribution in [2.24, 2.45) is 0 Å². The Morgan fingerprint density at radius 2 is 2.10 bits per heavy atom. The van der Waals surface area contributed by atoms with Crippen LogP contribution in [0.3, 0.4) is 0 Å². The first-order valence-electron chi connectivity index (χ1n) is 4.05. The van der Waals surface area contributed by atoms with Crippen molar-refractivity contribution in [2.45, 2.75) is 19.0 Å². The van der Waals surface area contributed by atoms with Crippen molar-refractivity contribution < 1.29 is 0 Å². The van der Waals surface area contributed by atoms with Crippen molar-refractivity contribution in [1.29, 1.82) is 0 Å². The molecule has 1 rings (SSSR count). The summed E-state index contributed by atoms with van der Waals surface area (Å²) in [4.78, 5) is 0. The van der Waals surface area contributed by atoms with Gasteiger partial charge in [-0.05, 0) is 39.5 Å². The van der Waals surface area contributed by atoms with E-state index in [-0.39, 0.29) is 0 Å². The smallest absolute Gasteiger partial charge is 0.0583 e. The van der Waals surface area contributed by atoms with Crippen molar-refractivity contribution in [3.05, 3.63) is 0 Å². The average molecular weight is 143 g/mol. The summed E-state index contributed by atoms with van der Waals surface area (Å²) in [6.07, 6.45) is 2.98. The molecule has 0 amide bonds. The molecule has 1 aliphatic heterocycles. The minimum Gasteiger partial charge on any atom is -0.320 e. The third kappa shape index (κ3) is 2.64. The third-order valence-corrected chi connectivity index (χ3v) is 1.82. The molecule has 0 bridgehead atoms. The summed E-state index contributed by atoms with van der Waals surface area (Å²) in [5, 5.41) is 9.94. The van der Waals surface area contributed by atoms with E-state index in [4.69, 9.17) is 0 Å². The van der Waals surface area contributed by atoms with Crippen LogP contribution in [0, 0.1) is 0 Å². The molecule has 0 spiro atoms. The highest BCUT2D eigenvalue weighted by Gasteiger charge is 2.09. The maximum absolute atomic E-state index is 3.40. The Morgan fingerprint density at radius 1 is 1.40 bits per heavy atom. The lowest BCUT2D eigenvalue weighted by Gasteiger charge is -2.24. The highest BCUT2D eigenvalue weighted by Crippen LogP contribution is 1.91. The van der Waals surface area contributed by atoms with E-state index in [0.29, 0.717) is 6.17 Å². The lowest BCUT2D eigenvalue weighted by molar-refractivity contribution is 0.350. The molecule has 1 saturated heterocycles. The number of hydrogen-bond acceptors (Lipinski definition) is 3. The minimum atomic E-state index is 0.543. The summed E-state index contributed by atoms with van der Waals surface area (Å²) >= 11 is 0. The Morgan fingerprint density at radius 3 is 2.70 bits per heavy atom. The molecule has 0 saturated carbocycles. The Labute approximate surface area is 62.6 Å². The summed E-state index contributed by atoms with van der Waals surface area (Å²) in [5.41, 5.74) is 0. The van der Waals surface area contributed by atoms with E-state index in [0.717, 1.165) is 6.54 Å². The molecule has 3 nitrogen and oxygen atoms in total. The Hall–Kier alpha value is -0.120. The zero-order valence-electron chi connectivity index (χ0n) is 6.61. The van der Waals surface area contributed by atoms with Gasteiger partial charge < -0.3 is 16.0 Å². The zero-order chi connectivity index (χ0) is 7.23. The molecule has 1 aliphatic rings. The Balaban J connectivity index is 2.02. The van der Waals surface area contributed by atoms with Crippen LogP contribution in [0.2, 0.25) is 0 Å². The van der Waals surface area contributed by atoms with Crippen LogP contribution in [0.15, 0.2) is 0 Å². The standard InChI is InChI=1S/C7H17N3/c1-8-6-3-7-9-4-2-5-10-7/h7-10H,2-6H2,1H3. The van der Waals surface area contributed by atoms with Gasteiger partial charge in [0.25, 0.3) is 0 Å². The van der Waals surface area contributed by atoms with Crippen LogP contribution in [0.4, 0.5) is 0 Å². The first-order chi connectivity index (χ1) is 4.93. The first kappa shape index (κ1) is 7.98. The molecule has 60 valence electrons. The first-order valence-corrected chi connectivity index (χ1v) is 4.05. The predicted octanol–water partition coefficient (Wildman–Crippen LogP) is -0.495. The van der Waals surface area contributed by atoms with E-state index in [2.05, 4.69) is 16.0 Å². The fraction of sp³-hybridized carbons (Fsp3) is 1.00. The summed E-state index contributed by atoms with van der Waals surface area (Å²) in [7, 11) is 1.99. The molecule has 0 radical (unpaired) electrons. The van der Waals surface area contributed by atoms with E-state index in [1.165, 1.54) is 25.9 Å². The van der Waals surface area contributed by atoms with Crippen molar-refractivity contribution in [3.63, 3.8) is 0 Å². The van der Waals surface area contributed by atoms with E-state index in [1.807, 2.05) is 7.05 Å². The monoisotopic (exact) mass is 143 g/mol. The van der Waals surface area contributed by atoms with E-state index >= 15 is 0 Å². The van der Waals surface area contributed by atoms with Crippen LogP contribution in [0.25, 0.3) is 0 Å². The van der Waals surface area contributed by atoms with Crippen LogP contribution in [0.1, 0.15) is 12.8 Å². The van der Waals surface area contributed by atoms with Crippen LogP contribution in [-0.4, -0.2) is 32.8 Å². The van der Waals surface area contributed by atoms with Gasteiger partial charge >= 0.3 is 0 Å². The van der Waals surface area contributed by atoms with Gasteiger partial charge in [-0.1, -0.05) is 0 Å². The Kier molecular flexibility index (Phi) is 3.72. The van der Waals surface area contributed by atoms with Gasteiger partial charge in [-0.3, -0.25) is 0 Å². The zero-order valence-corrected chi connectivity index (χ0v) is 6.61. The highest BCUT2D eigenvalue weighted by molar-refractivity contribution is 4.70. The van der Waals surface area contributed by atoms with Crippen LogP contribution in [0.5, 0.6) is 0 Å². The Bertz CT molecular complexity index is 78.9. The molecule has 0 aliphatic carbocycles. The molecule has 1 fully saturated rings. The molecule has 10 heavy (non-hydrogen) atoms. The summed E-state index contributed by atoms with van der Waals surface area (Å²) in [6.45, 7) is 3.42. The topological polar surface area (TPSA) is 36.1 Å². The molecular weight excluding hydrogens is 126 g/mol. The molecule has 0 unspecified atom stereocenters. The molecule has 0 aromatic carbocycles. The molecule has 0 aromatic heterocycles. The third-order valence-electron chi connectivity index (χ3n) is 1.82. The van der Waals surface area contributed by atoms with Gasteiger partial charge in [0.05, 0.1) is 6.17 Å². The largest absolute Gasteiger partial charge is 0.320 e. The van der Waals surface area contributed by atoms with Gasteiger partial charge in [0.2, 0.25) is 0 Å². The maximum atomic E-state index is 3.40. The van der Waals surface area contributed by atoms with Crippen molar-refractivity contribution in [2.75, 3.05) is 26.7 Å². The SMILES string of the molecule is CNCCC1NCCCN1. The predicted molar refractivity (Wildman–Crippen MR) is 43.0 cm³/mol.